The molecule has 0 unspecified atom stereocenters. The van der Waals surface area contributed by atoms with E-state index in [1.165, 1.54) is 5.56 Å². The van der Waals surface area contributed by atoms with Crippen molar-refractivity contribution in [1.29, 1.82) is 0 Å². The van der Waals surface area contributed by atoms with Crippen molar-refractivity contribution in [3.05, 3.63) is 28.2 Å². The van der Waals surface area contributed by atoms with Crippen molar-refractivity contribution in [3.8, 4) is 0 Å². The number of hydrogen-bond acceptors (Lipinski definition) is 3. The highest BCUT2D eigenvalue weighted by molar-refractivity contribution is 9.10. The van der Waals surface area contributed by atoms with E-state index in [1.807, 2.05) is 7.05 Å². The van der Waals surface area contributed by atoms with E-state index in [0.717, 1.165) is 29.7 Å². The minimum atomic E-state index is 0.115. The normalized spacial score (nSPS) is 10.4. The third-order valence-corrected chi connectivity index (χ3v) is 3.69. The molecular weight excluding hydrogens is 318 g/mol. The van der Waals surface area contributed by atoms with Gasteiger partial charge in [-0.15, -0.1) is 0 Å². The summed E-state index contributed by atoms with van der Waals surface area (Å²) in [6, 6.07) is 6.28. The van der Waals surface area contributed by atoms with Crippen molar-refractivity contribution in [2.75, 3.05) is 39.1 Å². The molecule has 0 fully saturated rings. The molecule has 0 spiro atoms. The van der Waals surface area contributed by atoms with E-state index in [9.17, 15) is 4.79 Å². The Morgan fingerprint density at radius 3 is 2.55 bits per heavy atom. The van der Waals surface area contributed by atoms with Crippen LogP contribution in [0.2, 0.25) is 0 Å². The summed E-state index contributed by atoms with van der Waals surface area (Å²) in [5.41, 5.74) is 2.29. The zero-order valence-electron chi connectivity index (χ0n) is 12.7. The van der Waals surface area contributed by atoms with E-state index in [2.05, 4.69) is 51.3 Å². The van der Waals surface area contributed by atoms with Crippen LogP contribution in [0.4, 0.5) is 5.69 Å². The maximum atomic E-state index is 11.9. The van der Waals surface area contributed by atoms with E-state index in [4.69, 9.17) is 0 Å². The van der Waals surface area contributed by atoms with Gasteiger partial charge in [-0.3, -0.25) is 4.79 Å². The number of carbonyl (C=O) groups is 1. The van der Waals surface area contributed by atoms with Crippen LogP contribution in [0.1, 0.15) is 18.9 Å². The molecule has 0 aromatic heterocycles. The van der Waals surface area contributed by atoms with Gasteiger partial charge in [0.25, 0.3) is 0 Å². The van der Waals surface area contributed by atoms with Crippen molar-refractivity contribution in [2.24, 2.45) is 0 Å². The van der Waals surface area contributed by atoms with Crippen LogP contribution >= 0.6 is 15.9 Å². The van der Waals surface area contributed by atoms with Gasteiger partial charge >= 0.3 is 0 Å². The van der Waals surface area contributed by atoms with Gasteiger partial charge < -0.3 is 15.1 Å². The first-order valence-corrected chi connectivity index (χ1v) is 7.67. The van der Waals surface area contributed by atoms with Gasteiger partial charge in [0, 0.05) is 31.7 Å². The molecule has 4 nitrogen and oxygen atoms in total. The SMILES string of the molecule is CCCN(CC(=O)N(C)C)c1ccc(CNC)cc1Br. The fourth-order valence-electron chi connectivity index (χ4n) is 1.98. The number of halogens is 1. The molecule has 0 atom stereocenters. The van der Waals surface area contributed by atoms with Crippen molar-refractivity contribution < 1.29 is 4.79 Å². The standard InChI is InChI=1S/C15H24BrN3O/c1-5-8-19(11-15(20)18(3)4)14-7-6-12(10-17-2)9-13(14)16/h6-7,9,17H,5,8,10-11H2,1-4H3. The van der Waals surface area contributed by atoms with Gasteiger partial charge in [0.15, 0.2) is 0 Å². The predicted octanol–water partition coefficient (Wildman–Crippen LogP) is 2.47. The molecule has 1 rings (SSSR count). The summed E-state index contributed by atoms with van der Waals surface area (Å²) in [5.74, 6) is 0.115. The van der Waals surface area contributed by atoms with Crippen molar-refractivity contribution in [1.82, 2.24) is 10.2 Å². The first-order valence-electron chi connectivity index (χ1n) is 6.87. The van der Waals surface area contributed by atoms with E-state index < -0.39 is 0 Å². The molecule has 1 amide bonds. The largest absolute Gasteiger partial charge is 0.361 e. The molecule has 0 saturated heterocycles. The third kappa shape index (κ3) is 4.80. The number of nitrogens with zero attached hydrogens (tertiary/aromatic N) is 2. The lowest BCUT2D eigenvalue weighted by atomic mass is 10.2. The first-order chi connectivity index (χ1) is 9.49. The Balaban J connectivity index is 2.93. The van der Waals surface area contributed by atoms with Crippen molar-refractivity contribution >= 4 is 27.5 Å². The van der Waals surface area contributed by atoms with Crippen LogP contribution in [-0.4, -0.2) is 45.0 Å². The van der Waals surface area contributed by atoms with Gasteiger partial charge in [-0.1, -0.05) is 13.0 Å². The third-order valence-electron chi connectivity index (χ3n) is 3.05. The van der Waals surface area contributed by atoms with E-state index in [0.29, 0.717) is 6.54 Å². The molecule has 0 bridgehead atoms. The van der Waals surface area contributed by atoms with Crippen LogP contribution in [0.25, 0.3) is 0 Å². The summed E-state index contributed by atoms with van der Waals surface area (Å²) in [4.78, 5) is 15.7. The van der Waals surface area contributed by atoms with Crippen molar-refractivity contribution in [3.63, 3.8) is 0 Å². The fraction of sp³-hybridized carbons (Fsp3) is 0.533. The average molecular weight is 342 g/mol. The quantitative estimate of drug-likeness (QED) is 0.827. The summed E-state index contributed by atoms with van der Waals surface area (Å²) in [6.07, 6.45) is 1.01. The smallest absolute Gasteiger partial charge is 0.241 e. The number of rotatable bonds is 7. The molecule has 0 aliphatic rings. The summed E-state index contributed by atoms with van der Waals surface area (Å²) < 4.78 is 1.03. The lowest BCUT2D eigenvalue weighted by Gasteiger charge is -2.26. The van der Waals surface area contributed by atoms with E-state index in [1.54, 1.807) is 19.0 Å². The molecule has 1 aromatic carbocycles. The molecule has 0 aliphatic carbocycles. The number of hydrogen-bond donors (Lipinski definition) is 1. The van der Waals surface area contributed by atoms with Crippen molar-refractivity contribution in [2.45, 2.75) is 19.9 Å². The van der Waals surface area contributed by atoms with Crippen LogP contribution in [0, 0.1) is 0 Å². The lowest BCUT2D eigenvalue weighted by molar-refractivity contribution is -0.127. The van der Waals surface area contributed by atoms with Crippen LogP contribution in [0.3, 0.4) is 0 Å². The Morgan fingerprint density at radius 2 is 2.05 bits per heavy atom. The minimum Gasteiger partial charge on any atom is -0.361 e. The summed E-state index contributed by atoms with van der Waals surface area (Å²) >= 11 is 3.62. The highest BCUT2D eigenvalue weighted by atomic mass is 79.9. The topological polar surface area (TPSA) is 35.6 Å². The highest BCUT2D eigenvalue weighted by Crippen LogP contribution is 2.27. The monoisotopic (exact) mass is 341 g/mol. The summed E-state index contributed by atoms with van der Waals surface area (Å²) in [7, 11) is 5.51. The molecule has 0 radical (unpaired) electrons. The Kier molecular flexibility index (Phi) is 7.02. The Labute approximate surface area is 130 Å². The minimum absolute atomic E-state index is 0.115. The predicted molar refractivity (Wildman–Crippen MR) is 88.1 cm³/mol. The molecular formula is C15H24BrN3O. The first kappa shape index (κ1) is 17.0. The molecule has 5 heteroatoms. The Hall–Kier alpha value is -1.07. The molecule has 1 N–H and O–H groups in total. The number of nitrogens with one attached hydrogen (secondary N) is 1. The van der Waals surface area contributed by atoms with Crippen LogP contribution < -0.4 is 10.2 Å². The Morgan fingerprint density at radius 1 is 1.35 bits per heavy atom. The lowest BCUT2D eigenvalue weighted by Crippen LogP contribution is -2.37. The zero-order chi connectivity index (χ0) is 15.1. The van der Waals surface area contributed by atoms with E-state index >= 15 is 0 Å². The molecule has 0 aliphatic heterocycles. The second-order valence-electron chi connectivity index (χ2n) is 5.03. The van der Waals surface area contributed by atoms with E-state index in [-0.39, 0.29) is 5.91 Å². The second-order valence-corrected chi connectivity index (χ2v) is 5.88. The summed E-state index contributed by atoms with van der Waals surface area (Å²) in [6.45, 7) is 4.23. The van der Waals surface area contributed by atoms with Gasteiger partial charge in [0.2, 0.25) is 5.91 Å². The Bertz CT molecular complexity index is 449. The highest BCUT2D eigenvalue weighted by Gasteiger charge is 2.15. The van der Waals surface area contributed by atoms with Gasteiger partial charge in [-0.05, 0) is 47.1 Å². The van der Waals surface area contributed by atoms with Gasteiger partial charge in [-0.25, -0.2) is 0 Å². The zero-order valence-corrected chi connectivity index (χ0v) is 14.3. The molecule has 1 aromatic rings. The number of benzene rings is 1. The van der Waals surface area contributed by atoms with Crippen LogP contribution in [0.5, 0.6) is 0 Å². The molecule has 0 saturated carbocycles. The second kappa shape index (κ2) is 8.27. The number of likely N-dealkylation sites (N-methyl/N-ethyl adjacent to an activating group) is 1. The number of anilines is 1. The number of amides is 1. The molecule has 20 heavy (non-hydrogen) atoms. The van der Waals surface area contributed by atoms with Crippen LogP contribution in [-0.2, 0) is 11.3 Å². The molecule has 112 valence electrons. The summed E-state index contributed by atoms with van der Waals surface area (Å²) in [5, 5.41) is 3.14. The fourth-order valence-corrected chi connectivity index (χ4v) is 2.66. The van der Waals surface area contributed by atoms with Gasteiger partial charge in [0.05, 0.1) is 12.2 Å². The maximum absolute atomic E-state index is 11.9. The molecule has 0 heterocycles. The maximum Gasteiger partial charge on any atom is 0.241 e. The average Bonchev–Trinajstić information content (AvgIpc) is 2.38. The van der Waals surface area contributed by atoms with Gasteiger partial charge in [0.1, 0.15) is 0 Å². The number of carbonyl (C=O) groups excluding carboxylic acids is 1. The van der Waals surface area contributed by atoms with Crippen LogP contribution in [0.15, 0.2) is 22.7 Å². The van der Waals surface area contributed by atoms with Gasteiger partial charge in [-0.2, -0.15) is 0 Å².